The monoisotopic (exact) mass is 388 g/mol. The summed E-state index contributed by atoms with van der Waals surface area (Å²) in [6.07, 6.45) is 1.10. The first-order valence-electron chi connectivity index (χ1n) is 6.85. The Morgan fingerprint density at radius 1 is 1.30 bits per heavy atom. The van der Waals surface area contributed by atoms with Crippen molar-refractivity contribution >= 4 is 33.8 Å². The maximum absolute atomic E-state index is 11.9. The SMILES string of the molecule is CN(CC(=O)NNC(=O)c1cc(Br)cn1C)C(=O)OC(C)(C)C. The number of nitrogens with one attached hydrogen (secondary N) is 2. The van der Waals surface area contributed by atoms with Gasteiger partial charge in [0, 0.05) is 24.8 Å². The number of likely N-dealkylation sites (N-methyl/N-ethyl adjacent to an activating group) is 1. The predicted molar refractivity (Wildman–Crippen MR) is 87.6 cm³/mol. The minimum absolute atomic E-state index is 0.244. The lowest BCUT2D eigenvalue weighted by Gasteiger charge is -2.24. The Bertz CT molecular complexity index is 606. The number of aryl methyl sites for hydroxylation is 1. The topological polar surface area (TPSA) is 92.7 Å². The van der Waals surface area contributed by atoms with Gasteiger partial charge in [-0.3, -0.25) is 20.4 Å². The van der Waals surface area contributed by atoms with Crippen molar-refractivity contribution in [2.24, 2.45) is 7.05 Å². The van der Waals surface area contributed by atoms with Crippen LogP contribution in [0.15, 0.2) is 16.7 Å². The lowest BCUT2D eigenvalue weighted by Crippen LogP contribution is -2.47. The summed E-state index contributed by atoms with van der Waals surface area (Å²) in [5.74, 6) is -1.01. The molecule has 0 aliphatic carbocycles. The zero-order chi connectivity index (χ0) is 17.8. The van der Waals surface area contributed by atoms with Crippen molar-refractivity contribution in [3.05, 3.63) is 22.4 Å². The van der Waals surface area contributed by atoms with Crippen molar-refractivity contribution in [1.29, 1.82) is 0 Å². The number of amides is 3. The van der Waals surface area contributed by atoms with E-state index in [9.17, 15) is 14.4 Å². The number of hydrogen-bond donors (Lipinski definition) is 2. The zero-order valence-corrected chi connectivity index (χ0v) is 15.4. The van der Waals surface area contributed by atoms with E-state index in [2.05, 4.69) is 26.8 Å². The van der Waals surface area contributed by atoms with Gasteiger partial charge in [0.1, 0.15) is 17.8 Å². The van der Waals surface area contributed by atoms with Crippen LogP contribution in [0.2, 0.25) is 0 Å². The Kier molecular flexibility index (Phi) is 6.20. The van der Waals surface area contributed by atoms with Crippen LogP contribution in [0.25, 0.3) is 0 Å². The highest BCUT2D eigenvalue weighted by Gasteiger charge is 2.21. The number of hydrazine groups is 1. The summed E-state index contributed by atoms with van der Waals surface area (Å²) in [5, 5.41) is 0. The van der Waals surface area contributed by atoms with Crippen LogP contribution in [0.3, 0.4) is 0 Å². The standard InChI is InChI=1S/C14H21BrN4O4/c1-14(2,3)23-13(22)19(5)8-11(20)16-17-12(21)10-6-9(15)7-18(10)4/h6-7H,8H2,1-5H3,(H,16,20)(H,17,21). The van der Waals surface area contributed by atoms with E-state index in [1.54, 1.807) is 44.6 Å². The second-order valence-electron chi connectivity index (χ2n) is 5.99. The van der Waals surface area contributed by atoms with Gasteiger partial charge in [0.15, 0.2) is 0 Å². The molecule has 2 N–H and O–H groups in total. The van der Waals surface area contributed by atoms with Crippen molar-refractivity contribution in [1.82, 2.24) is 20.3 Å². The number of rotatable bonds is 3. The summed E-state index contributed by atoms with van der Waals surface area (Å²) in [6, 6.07) is 1.62. The van der Waals surface area contributed by atoms with Crippen LogP contribution in [-0.2, 0) is 16.6 Å². The Balaban J connectivity index is 2.46. The van der Waals surface area contributed by atoms with E-state index in [0.29, 0.717) is 5.69 Å². The van der Waals surface area contributed by atoms with E-state index in [0.717, 1.165) is 9.37 Å². The van der Waals surface area contributed by atoms with Crippen LogP contribution in [-0.4, -0.2) is 46.6 Å². The molecule has 23 heavy (non-hydrogen) atoms. The number of aromatic nitrogens is 1. The van der Waals surface area contributed by atoms with Gasteiger partial charge in [0.05, 0.1) is 0 Å². The Hall–Kier alpha value is -2.03. The number of carbonyl (C=O) groups is 3. The van der Waals surface area contributed by atoms with Gasteiger partial charge >= 0.3 is 6.09 Å². The van der Waals surface area contributed by atoms with Gasteiger partial charge in [-0.1, -0.05) is 0 Å². The highest BCUT2D eigenvalue weighted by atomic mass is 79.9. The molecule has 0 spiro atoms. The first-order chi connectivity index (χ1) is 10.5. The van der Waals surface area contributed by atoms with Crippen LogP contribution >= 0.6 is 15.9 Å². The van der Waals surface area contributed by atoms with Crippen molar-refractivity contribution in [3.8, 4) is 0 Å². The molecule has 0 aromatic carbocycles. The second kappa shape index (κ2) is 7.49. The molecule has 9 heteroatoms. The lowest BCUT2D eigenvalue weighted by molar-refractivity contribution is -0.122. The van der Waals surface area contributed by atoms with Gasteiger partial charge in [-0.2, -0.15) is 0 Å². The molecule has 3 amide bonds. The summed E-state index contributed by atoms with van der Waals surface area (Å²) >= 11 is 3.26. The van der Waals surface area contributed by atoms with E-state index in [4.69, 9.17) is 4.74 Å². The van der Waals surface area contributed by atoms with Crippen LogP contribution in [0.4, 0.5) is 4.79 Å². The third-order valence-electron chi connectivity index (χ3n) is 2.61. The third kappa shape index (κ3) is 6.31. The molecule has 1 aromatic heterocycles. The van der Waals surface area contributed by atoms with Gasteiger partial charge in [-0.15, -0.1) is 0 Å². The van der Waals surface area contributed by atoms with Crippen molar-refractivity contribution in [3.63, 3.8) is 0 Å². The maximum Gasteiger partial charge on any atom is 0.410 e. The van der Waals surface area contributed by atoms with Crippen LogP contribution in [0, 0.1) is 0 Å². The van der Waals surface area contributed by atoms with Crippen molar-refractivity contribution < 1.29 is 19.1 Å². The summed E-state index contributed by atoms with van der Waals surface area (Å²) in [7, 11) is 3.14. The molecule has 0 bridgehead atoms. The molecule has 0 saturated heterocycles. The molecule has 0 fully saturated rings. The predicted octanol–water partition coefficient (Wildman–Crippen LogP) is 1.42. The van der Waals surface area contributed by atoms with Gasteiger partial charge in [0.25, 0.3) is 11.8 Å². The number of halogens is 1. The van der Waals surface area contributed by atoms with E-state index in [-0.39, 0.29) is 6.54 Å². The molecular weight excluding hydrogens is 368 g/mol. The molecule has 1 heterocycles. The number of carbonyl (C=O) groups excluding carboxylic acids is 3. The van der Waals surface area contributed by atoms with Gasteiger partial charge in [0.2, 0.25) is 0 Å². The first-order valence-corrected chi connectivity index (χ1v) is 7.64. The average molecular weight is 389 g/mol. The van der Waals surface area contributed by atoms with E-state index in [1.807, 2.05) is 0 Å². The van der Waals surface area contributed by atoms with E-state index >= 15 is 0 Å². The number of nitrogens with zero attached hydrogens (tertiary/aromatic N) is 2. The quantitative estimate of drug-likeness (QED) is 0.765. The number of hydrogen-bond acceptors (Lipinski definition) is 4. The smallest absolute Gasteiger partial charge is 0.410 e. The molecule has 0 aliphatic rings. The highest BCUT2D eigenvalue weighted by molar-refractivity contribution is 9.10. The maximum atomic E-state index is 11.9. The highest BCUT2D eigenvalue weighted by Crippen LogP contribution is 2.13. The fraction of sp³-hybridized carbons (Fsp3) is 0.500. The van der Waals surface area contributed by atoms with Crippen LogP contribution < -0.4 is 10.9 Å². The Morgan fingerprint density at radius 3 is 2.39 bits per heavy atom. The second-order valence-corrected chi connectivity index (χ2v) is 6.91. The molecule has 128 valence electrons. The first kappa shape index (κ1) is 19.0. The van der Waals surface area contributed by atoms with Gasteiger partial charge in [-0.05, 0) is 42.8 Å². The fourth-order valence-corrected chi connectivity index (χ4v) is 2.12. The minimum atomic E-state index is -0.643. The zero-order valence-electron chi connectivity index (χ0n) is 13.8. The summed E-state index contributed by atoms with van der Waals surface area (Å²) in [4.78, 5) is 36.5. The molecule has 0 radical (unpaired) electrons. The molecule has 1 rings (SSSR count). The number of ether oxygens (including phenoxy) is 1. The van der Waals surface area contributed by atoms with Crippen molar-refractivity contribution in [2.75, 3.05) is 13.6 Å². The molecule has 8 nitrogen and oxygen atoms in total. The summed E-state index contributed by atoms with van der Waals surface area (Å²) < 4.78 is 7.49. The molecule has 0 atom stereocenters. The Morgan fingerprint density at radius 2 is 1.91 bits per heavy atom. The van der Waals surface area contributed by atoms with Crippen LogP contribution in [0.1, 0.15) is 31.3 Å². The average Bonchev–Trinajstić information content (AvgIpc) is 2.73. The van der Waals surface area contributed by atoms with Gasteiger partial charge < -0.3 is 14.2 Å². The third-order valence-corrected chi connectivity index (χ3v) is 3.04. The fourth-order valence-electron chi connectivity index (χ4n) is 1.60. The molecule has 0 saturated carbocycles. The molecular formula is C14H21BrN4O4. The molecule has 0 unspecified atom stereocenters. The molecule has 1 aromatic rings. The lowest BCUT2D eigenvalue weighted by atomic mass is 10.2. The molecule has 0 aliphatic heterocycles. The normalized spacial score (nSPS) is 10.9. The van der Waals surface area contributed by atoms with Crippen LogP contribution in [0.5, 0.6) is 0 Å². The van der Waals surface area contributed by atoms with E-state index < -0.39 is 23.5 Å². The summed E-state index contributed by atoms with van der Waals surface area (Å²) in [6.45, 7) is 4.96. The van der Waals surface area contributed by atoms with Crippen molar-refractivity contribution in [2.45, 2.75) is 26.4 Å². The van der Waals surface area contributed by atoms with E-state index in [1.165, 1.54) is 7.05 Å². The minimum Gasteiger partial charge on any atom is -0.444 e. The summed E-state index contributed by atoms with van der Waals surface area (Å²) in [5.41, 5.74) is 4.27. The Labute approximate surface area is 143 Å². The largest absolute Gasteiger partial charge is 0.444 e. The van der Waals surface area contributed by atoms with Gasteiger partial charge in [-0.25, -0.2) is 4.79 Å².